The van der Waals surface area contributed by atoms with Crippen LogP contribution >= 0.6 is 0 Å². The first kappa shape index (κ1) is 19.4. The van der Waals surface area contributed by atoms with E-state index in [4.69, 9.17) is 4.74 Å². The van der Waals surface area contributed by atoms with E-state index < -0.39 is 5.97 Å². The molecular formula is C19H24N4O3. The molecule has 0 radical (unpaired) electrons. The number of nitrogens with zero attached hydrogens (tertiary/aromatic N) is 2. The molecule has 1 aromatic heterocycles. The molecule has 2 aromatic rings. The number of hydrogen-bond donors (Lipinski definition) is 2. The maximum absolute atomic E-state index is 12.5. The molecule has 0 saturated heterocycles. The van der Waals surface area contributed by atoms with Gasteiger partial charge in [0.05, 0.1) is 18.4 Å². The van der Waals surface area contributed by atoms with Crippen molar-refractivity contribution in [3.63, 3.8) is 0 Å². The van der Waals surface area contributed by atoms with Crippen LogP contribution in [0.1, 0.15) is 27.1 Å². The van der Waals surface area contributed by atoms with E-state index in [0.717, 1.165) is 19.5 Å². The van der Waals surface area contributed by atoms with Crippen LogP contribution < -0.4 is 10.6 Å². The number of esters is 1. The Labute approximate surface area is 153 Å². The zero-order chi connectivity index (χ0) is 18.9. The highest BCUT2D eigenvalue weighted by Gasteiger charge is 2.14. The van der Waals surface area contributed by atoms with Crippen LogP contribution in [0.5, 0.6) is 0 Å². The molecule has 7 heteroatoms. The van der Waals surface area contributed by atoms with Gasteiger partial charge in [-0.05, 0) is 51.3 Å². The van der Waals surface area contributed by atoms with Crippen molar-refractivity contribution in [2.75, 3.05) is 44.9 Å². The van der Waals surface area contributed by atoms with E-state index in [1.807, 2.05) is 14.1 Å². The summed E-state index contributed by atoms with van der Waals surface area (Å²) >= 11 is 0. The van der Waals surface area contributed by atoms with Gasteiger partial charge in [0.25, 0.3) is 5.91 Å². The SMILES string of the molecule is COC(=O)c1ccccc1NC(=O)c1ccnc(NCCCN(C)C)c1. The maximum atomic E-state index is 12.5. The van der Waals surface area contributed by atoms with Crippen molar-refractivity contribution in [1.82, 2.24) is 9.88 Å². The standard InChI is InChI=1S/C19H24N4O3/c1-23(2)12-6-10-20-17-13-14(9-11-21-17)18(24)22-16-8-5-4-7-15(16)19(25)26-3/h4-5,7-9,11,13H,6,10,12H2,1-3H3,(H,20,21)(H,22,24). The summed E-state index contributed by atoms with van der Waals surface area (Å²) in [5, 5.41) is 5.96. The van der Waals surface area contributed by atoms with Crippen molar-refractivity contribution in [3.8, 4) is 0 Å². The Balaban J connectivity index is 2.04. The second-order valence-electron chi connectivity index (χ2n) is 6.00. The predicted octanol–water partition coefficient (Wildman–Crippen LogP) is 2.48. The predicted molar refractivity (Wildman–Crippen MR) is 102 cm³/mol. The molecule has 0 aliphatic heterocycles. The Morgan fingerprint density at radius 3 is 2.69 bits per heavy atom. The molecule has 0 atom stereocenters. The van der Waals surface area contributed by atoms with Gasteiger partial charge < -0.3 is 20.3 Å². The smallest absolute Gasteiger partial charge is 0.339 e. The number of nitrogens with one attached hydrogen (secondary N) is 2. The van der Waals surface area contributed by atoms with Gasteiger partial charge in [-0.3, -0.25) is 4.79 Å². The van der Waals surface area contributed by atoms with E-state index in [2.05, 4.69) is 20.5 Å². The van der Waals surface area contributed by atoms with Gasteiger partial charge in [0.15, 0.2) is 0 Å². The average Bonchev–Trinajstić information content (AvgIpc) is 2.65. The van der Waals surface area contributed by atoms with Crippen LogP contribution in [0.2, 0.25) is 0 Å². The van der Waals surface area contributed by atoms with Crippen LogP contribution in [0, 0.1) is 0 Å². The van der Waals surface area contributed by atoms with Crippen molar-refractivity contribution in [3.05, 3.63) is 53.7 Å². The molecule has 138 valence electrons. The number of carbonyl (C=O) groups excluding carboxylic acids is 2. The summed E-state index contributed by atoms with van der Waals surface area (Å²) in [5.41, 5.74) is 1.16. The Hall–Kier alpha value is -2.93. The molecule has 0 aliphatic carbocycles. The van der Waals surface area contributed by atoms with E-state index in [-0.39, 0.29) is 5.91 Å². The van der Waals surface area contributed by atoms with Crippen LogP contribution in [-0.2, 0) is 4.74 Å². The topological polar surface area (TPSA) is 83.6 Å². The molecule has 0 fully saturated rings. The fourth-order valence-electron chi connectivity index (χ4n) is 2.35. The highest BCUT2D eigenvalue weighted by molar-refractivity contribution is 6.08. The number of pyridine rings is 1. The first-order chi connectivity index (χ1) is 12.5. The number of para-hydroxylation sites is 1. The molecule has 1 amide bonds. The van der Waals surface area contributed by atoms with Crippen molar-refractivity contribution in [2.24, 2.45) is 0 Å². The minimum atomic E-state index is -0.501. The van der Waals surface area contributed by atoms with Crippen LogP contribution in [0.4, 0.5) is 11.5 Å². The van der Waals surface area contributed by atoms with E-state index in [1.165, 1.54) is 7.11 Å². The first-order valence-electron chi connectivity index (χ1n) is 8.34. The quantitative estimate of drug-likeness (QED) is 0.558. The number of hydrogen-bond acceptors (Lipinski definition) is 6. The summed E-state index contributed by atoms with van der Waals surface area (Å²) in [5.74, 6) is -0.184. The summed E-state index contributed by atoms with van der Waals surface area (Å²) in [6.45, 7) is 1.74. The number of benzene rings is 1. The lowest BCUT2D eigenvalue weighted by Gasteiger charge is -2.12. The molecule has 26 heavy (non-hydrogen) atoms. The normalized spacial score (nSPS) is 10.5. The van der Waals surface area contributed by atoms with Crippen molar-refractivity contribution < 1.29 is 14.3 Å². The number of methoxy groups -OCH3 is 1. The average molecular weight is 356 g/mol. The Bertz CT molecular complexity index is 762. The molecular weight excluding hydrogens is 332 g/mol. The number of anilines is 2. The minimum Gasteiger partial charge on any atom is -0.465 e. The van der Waals surface area contributed by atoms with Crippen molar-refractivity contribution in [1.29, 1.82) is 0 Å². The zero-order valence-electron chi connectivity index (χ0n) is 15.3. The molecule has 0 aliphatic rings. The highest BCUT2D eigenvalue weighted by Crippen LogP contribution is 2.17. The van der Waals surface area contributed by atoms with Crippen LogP contribution in [-0.4, -0.2) is 56.1 Å². The molecule has 2 rings (SSSR count). The van der Waals surface area contributed by atoms with E-state index in [9.17, 15) is 9.59 Å². The van der Waals surface area contributed by atoms with Crippen LogP contribution in [0.15, 0.2) is 42.6 Å². The number of carbonyl (C=O) groups is 2. The maximum Gasteiger partial charge on any atom is 0.339 e. The molecule has 7 nitrogen and oxygen atoms in total. The summed E-state index contributed by atoms with van der Waals surface area (Å²) in [7, 11) is 5.35. The summed E-state index contributed by atoms with van der Waals surface area (Å²) in [6, 6.07) is 10.0. The Morgan fingerprint density at radius 2 is 1.96 bits per heavy atom. The molecule has 1 heterocycles. The fraction of sp³-hybridized carbons (Fsp3) is 0.316. The van der Waals surface area contributed by atoms with Gasteiger partial charge in [-0.25, -0.2) is 9.78 Å². The van der Waals surface area contributed by atoms with Gasteiger partial charge in [0.1, 0.15) is 5.82 Å². The lowest BCUT2D eigenvalue weighted by atomic mass is 10.1. The van der Waals surface area contributed by atoms with E-state index in [1.54, 1.807) is 42.6 Å². The number of amides is 1. The second kappa shape index (κ2) is 9.53. The minimum absolute atomic E-state index is 0.305. The molecule has 1 aromatic carbocycles. The third-order valence-corrected chi connectivity index (χ3v) is 3.69. The zero-order valence-corrected chi connectivity index (χ0v) is 15.3. The van der Waals surface area contributed by atoms with Gasteiger partial charge in [-0.1, -0.05) is 12.1 Å². The second-order valence-corrected chi connectivity index (χ2v) is 6.00. The summed E-state index contributed by atoms with van der Waals surface area (Å²) in [6.07, 6.45) is 2.55. The first-order valence-corrected chi connectivity index (χ1v) is 8.34. The molecule has 0 unspecified atom stereocenters. The molecule has 2 N–H and O–H groups in total. The Kier molecular flexibility index (Phi) is 7.11. The molecule has 0 saturated carbocycles. The number of rotatable bonds is 8. The van der Waals surface area contributed by atoms with Gasteiger partial charge in [0.2, 0.25) is 0 Å². The van der Waals surface area contributed by atoms with Gasteiger partial charge in [-0.15, -0.1) is 0 Å². The van der Waals surface area contributed by atoms with Crippen molar-refractivity contribution >= 4 is 23.4 Å². The fourth-order valence-corrected chi connectivity index (χ4v) is 2.35. The number of ether oxygens (including phenoxy) is 1. The lowest BCUT2D eigenvalue weighted by molar-refractivity contribution is 0.0602. The third kappa shape index (κ3) is 5.56. The van der Waals surface area contributed by atoms with Crippen LogP contribution in [0.3, 0.4) is 0 Å². The summed E-state index contributed by atoms with van der Waals surface area (Å²) in [4.78, 5) is 30.7. The third-order valence-electron chi connectivity index (χ3n) is 3.69. The van der Waals surface area contributed by atoms with E-state index >= 15 is 0 Å². The summed E-state index contributed by atoms with van der Waals surface area (Å²) < 4.78 is 4.74. The van der Waals surface area contributed by atoms with Gasteiger partial charge >= 0.3 is 5.97 Å². The largest absolute Gasteiger partial charge is 0.465 e. The van der Waals surface area contributed by atoms with Crippen LogP contribution in [0.25, 0.3) is 0 Å². The lowest BCUT2D eigenvalue weighted by Crippen LogP contribution is -2.17. The Morgan fingerprint density at radius 1 is 1.19 bits per heavy atom. The van der Waals surface area contributed by atoms with Crippen molar-refractivity contribution in [2.45, 2.75) is 6.42 Å². The molecule has 0 spiro atoms. The highest BCUT2D eigenvalue weighted by atomic mass is 16.5. The van der Waals surface area contributed by atoms with E-state index in [0.29, 0.717) is 22.6 Å². The van der Waals surface area contributed by atoms with Gasteiger partial charge in [0, 0.05) is 18.3 Å². The van der Waals surface area contributed by atoms with Gasteiger partial charge in [-0.2, -0.15) is 0 Å². The molecule has 0 bridgehead atoms. The number of aromatic nitrogens is 1. The monoisotopic (exact) mass is 356 g/mol.